The third-order valence-electron chi connectivity index (χ3n) is 2.47. The van der Waals surface area contributed by atoms with E-state index in [4.69, 9.17) is 11.8 Å². The number of aromatic carboxylic acids is 2. The summed E-state index contributed by atoms with van der Waals surface area (Å²) in [7, 11) is 0. The number of carboxylic acids is 2. The molecular formula is C11H7ClI3NO5. The number of halogens is 4. The Morgan fingerprint density at radius 1 is 1.00 bits per heavy atom. The number of rotatable bonds is 4. The van der Waals surface area contributed by atoms with Gasteiger partial charge in [0, 0.05) is 35.0 Å². The maximum absolute atomic E-state index is 11.4. The molecule has 0 fully saturated rings. The van der Waals surface area contributed by atoms with E-state index in [0.29, 0.717) is 12.7 Å². The number of hydrogen-bond acceptors (Lipinski definition) is 3. The van der Waals surface area contributed by atoms with Crippen LogP contribution in [0.5, 0.6) is 0 Å². The van der Waals surface area contributed by atoms with Gasteiger partial charge in [-0.25, -0.2) is 9.59 Å². The Hall–Kier alpha value is 0.110. The molecule has 1 aromatic rings. The van der Waals surface area contributed by atoms with E-state index >= 15 is 0 Å². The minimum atomic E-state index is -1.23. The van der Waals surface area contributed by atoms with Gasteiger partial charge in [0.2, 0.25) is 5.91 Å². The molecule has 10 heteroatoms. The predicted molar refractivity (Wildman–Crippen MR) is 101 cm³/mol. The number of carboxylic acid groups (broad SMARTS) is 2. The van der Waals surface area contributed by atoms with Crippen molar-refractivity contribution in [1.82, 2.24) is 4.42 Å². The monoisotopic (exact) mass is 649 g/mol. The van der Waals surface area contributed by atoms with Crippen molar-refractivity contribution in [2.24, 2.45) is 0 Å². The molecule has 1 amide bonds. The summed E-state index contributed by atoms with van der Waals surface area (Å²) in [5.41, 5.74) is 0.201. The van der Waals surface area contributed by atoms with Gasteiger partial charge in [-0.1, -0.05) is 0 Å². The fourth-order valence-corrected chi connectivity index (χ4v) is 6.03. The molecule has 0 atom stereocenters. The molecule has 0 aromatic heterocycles. The average Bonchev–Trinajstić information content (AvgIpc) is 2.32. The summed E-state index contributed by atoms with van der Waals surface area (Å²) in [6, 6.07) is 0. The summed E-state index contributed by atoms with van der Waals surface area (Å²) in [5.74, 6) is -2.88. The Morgan fingerprint density at radius 3 is 1.67 bits per heavy atom. The Balaban J connectivity index is 3.67. The molecule has 1 rings (SSSR count). The zero-order valence-electron chi connectivity index (χ0n) is 10.3. The summed E-state index contributed by atoms with van der Waals surface area (Å²) in [5, 5.41) is 18.6. The molecule has 0 heterocycles. The Morgan fingerprint density at radius 2 is 1.38 bits per heavy atom. The smallest absolute Gasteiger partial charge is 0.337 e. The lowest BCUT2D eigenvalue weighted by molar-refractivity contribution is -0.124. The second kappa shape index (κ2) is 7.59. The van der Waals surface area contributed by atoms with Gasteiger partial charge in [-0.2, -0.15) is 0 Å². The fourth-order valence-electron chi connectivity index (χ4n) is 1.48. The van der Waals surface area contributed by atoms with Gasteiger partial charge in [0.25, 0.3) is 0 Å². The van der Waals surface area contributed by atoms with Gasteiger partial charge in [0.15, 0.2) is 0 Å². The lowest BCUT2D eigenvalue weighted by Crippen LogP contribution is -2.22. The van der Waals surface area contributed by atoms with Crippen molar-refractivity contribution in [1.29, 1.82) is 0 Å². The van der Waals surface area contributed by atoms with Crippen LogP contribution in [0.2, 0.25) is 0 Å². The van der Waals surface area contributed by atoms with Crippen molar-refractivity contribution in [3.05, 3.63) is 27.4 Å². The lowest BCUT2D eigenvalue weighted by Gasteiger charge is -2.18. The van der Waals surface area contributed by atoms with Crippen LogP contribution in [0.25, 0.3) is 0 Å². The van der Waals surface area contributed by atoms with Crippen LogP contribution in [-0.4, -0.2) is 32.5 Å². The van der Waals surface area contributed by atoms with Crippen LogP contribution in [0.1, 0.15) is 33.2 Å². The van der Waals surface area contributed by atoms with Crippen LogP contribution in [0.15, 0.2) is 0 Å². The second-order valence-electron chi connectivity index (χ2n) is 3.82. The van der Waals surface area contributed by atoms with Crippen molar-refractivity contribution in [3.63, 3.8) is 0 Å². The highest BCUT2D eigenvalue weighted by Crippen LogP contribution is 2.33. The Bertz CT molecular complexity index is 608. The maximum Gasteiger partial charge on any atom is 0.337 e. The Kier molecular flexibility index (Phi) is 6.92. The first-order valence-corrected chi connectivity index (χ1v) is 8.76. The topological polar surface area (TPSA) is 94.9 Å². The minimum Gasteiger partial charge on any atom is -0.478 e. The van der Waals surface area contributed by atoms with Gasteiger partial charge in [-0.05, 0) is 67.8 Å². The highest BCUT2D eigenvalue weighted by molar-refractivity contribution is 14.1. The SMILES string of the molecule is CC(=O)N(Cl)Cc1c(I)c(C(=O)O)c(I)c(C(=O)O)c1I. The zero-order chi connectivity index (χ0) is 16.5. The summed E-state index contributed by atoms with van der Waals surface area (Å²) in [6.45, 7) is 1.18. The summed E-state index contributed by atoms with van der Waals surface area (Å²) in [4.78, 5) is 34.0. The lowest BCUT2D eigenvalue weighted by atomic mass is 10.1. The standard InChI is InChI=1S/C11H7ClI3NO5/c1-3(17)16(12)2-4-7(13)5(10(18)19)9(15)6(8(4)14)11(20)21/h2H2,1H3,(H,18,19)(H,20,21). The molecule has 0 radical (unpaired) electrons. The van der Waals surface area contributed by atoms with Crippen LogP contribution < -0.4 is 0 Å². The first kappa shape index (κ1) is 19.2. The quantitative estimate of drug-likeness (QED) is 0.386. The summed E-state index contributed by atoms with van der Waals surface area (Å²) >= 11 is 11.1. The van der Waals surface area contributed by atoms with Gasteiger partial charge in [-0.3, -0.25) is 9.21 Å². The van der Waals surface area contributed by atoms with Crippen molar-refractivity contribution in [2.45, 2.75) is 13.5 Å². The van der Waals surface area contributed by atoms with E-state index in [-0.39, 0.29) is 21.2 Å². The van der Waals surface area contributed by atoms with Gasteiger partial charge < -0.3 is 10.2 Å². The molecule has 114 valence electrons. The molecule has 0 aliphatic carbocycles. The number of benzene rings is 1. The summed E-state index contributed by atoms with van der Waals surface area (Å²) in [6.07, 6.45) is 0. The number of hydrogen-bond donors (Lipinski definition) is 2. The van der Waals surface area contributed by atoms with Gasteiger partial charge >= 0.3 is 11.9 Å². The normalized spacial score (nSPS) is 10.3. The van der Waals surface area contributed by atoms with Crippen LogP contribution >= 0.6 is 79.5 Å². The van der Waals surface area contributed by atoms with Crippen LogP contribution in [0.3, 0.4) is 0 Å². The van der Waals surface area contributed by atoms with Gasteiger partial charge in [0.05, 0.1) is 17.7 Å². The van der Waals surface area contributed by atoms with Gasteiger partial charge in [0.1, 0.15) is 0 Å². The van der Waals surface area contributed by atoms with Crippen molar-refractivity contribution < 1.29 is 24.6 Å². The van der Waals surface area contributed by atoms with Crippen molar-refractivity contribution >= 4 is 97.4 Å². The highest BCUT2D eigenvalue weighted by Gasteiger charge is 2.28. The molecule has 0 saturated carbocycles. The maximum atomic E-state index is 11.4. The first-order chi connectivity index (χ1) is 9.59. The van der Waals surface area contributed by atoms with E-state index in [1.165, 1.54) is 6.92 Å². The fraction of sp³-hybridized carbons (Fsp3) is 0.182. The highest BCUT2D eigenvalue weighted by atomic mass is 127. The van der Waals surface area contributed by atoms with Crippen LogP contribution in [0, 0.1) is 10.7 Å². The van der Waals surface area contributed by atoms with E-state index in [1.54, 1.807) is 22.6 Å². The molecule has 0 aliphatic heterocycles. The van der Waals surface area contributed by atoms with Gasteiger partial charge in [-0.15, -0.1) is 0 Å². The molecule has 21 heavy (non-hydrogen) atoms. The van der Waals surface area contributed by atoms with Crippen LogP contribution in [-0.2, 0) is 11.3 Å². The van der Waals surface area contributed by atoms with Crippen molar-refractivity contribution in [3.8, 4) is 0 Å². The van der Waals surface area contributed by atoms with Crippen molar-refractivity contribution in [2.75, 3.05) is 0 Å². The number of carbonyl (C=O) groups excluding carboxylic acids is 1. The van der Waals surface area contributed by atoms with E-state index in [2.05, 4.69) is 0 Å². The minimum absolute atomic E-state index is 0.0785. The third kappa shape index (κ3) is 4.10. The first-order valence-electron chi connectivity index (χ1n) is 5.19. The zero-order valence-corrected chi connectivity index (χ0v) is 17.5. The van der Waals surface area contributed by atoms with E-state index in [9.17, 15) is 24.6 Å². The third-order valence-corrected chi connectivity index (χ3v) is 6.29. The molecule has 0 saturated heterocycles. The number of nitrogens with zero attached hydrogens (tertiary/aromatic N) is 1. The average molecular weight is 649 g/mol. The molecule has 0 aliphatic rings. The molecular weight excluding hydrogens is 642 g/mol. The summed E-state index contributed by atoms with van der Waals surface area (Å²) < 4.78 is 1.76. The molecule has 0 bridgehead atoms. The molecule has 2 N–H and O–H groups in total. The number of amides is 1. The largest absolute Gasteiger partial charge is 0.478 e. The second-order valence-corrected chi connectivity index (χ2v) is 7.46. The Labute approximate surface area is 165 Å². The number of carbonyl (C=O) groups is 3. The molecule has 1 aromatic carbocycles. The predicted octanol–water partition coefficient (Wildman–Crippen LogP) is 3.40. The molecule has 0 unspecified atom stereocenters. The molecule has 6 nitrogen and oxygen atoms in total. The van der Waals surface area contributed by atoms with E-state index in [1.807, 2.05) is 45.2 Å². The van der Waals surface area contributed by atoms with E-state index in [0.717, 1.165) is 4.42 Å². The molecule has 0 spiro atoms. The van der Waals surface area contributed by atoms with Crippen LogP contribution in [0.4, 0.5) is 0 Å². The van der Waals surface area contributed by atoms with E-state index < -0.39 is 17.8 Å².